The molecule has 5 nitrogen and oxygen atoms in total. The number of nitrogens with two attached hydrogens (primary N) is 1. The third-order valence-corrected chi connectivity index (χ3v) is 3.09. The first-order valence-corrected chi connectivity index (χ1v) is 6.20. The molecule has 1 aromatic carbocycles. The average molecular weight is 279 g/mol. The van der Waals surface area contributed by atoms with Gasteiger partial charge in [-0.25, -0.2) is 4.98 Å². The molecule has 1 unspecified atom stereocenters. The third-order valence-electron chi connectivity index (χ3n) is 2.85. The number of nitrogens with zero attached hydrogens (tertiary/aromatic N) is 2. The zero-order chi connectivity index (χ0) is 14.0. The Kier molecular flexibility index (Phi) is 3.76. The summed E-state index contributed by atoms with van der Waals surface area (Å²) < 4.78 is 1.86. The Labute approximate surface area is 116 Å². The highest BCUT2D eigenvalue weighted by Gasteiger charge is 2.16. The number of rotatable bonds is 3. The summed E-state index contributed by atoms with van der Waals surface area (Å²) in [6.07, 6.45) is 3.52. The minimum absolute atomic E-state index is 0.206. The van der Waals surface area contributed by atoms with Crippen molar-refractivity contribution in [1.29, 1.82) is 0 Å². The van der Waals surface area contributed by atoms with E-state index in [4.69, 9.17) is 17.3 Å². The molecule has 100 valence electrons. The van der Waals surface area contributed by atoms with E-state index in [1.165, 1.54) is 0 Å². The Morgan fingerprint density at radius 3 is 2.84 bits per heavy atom. The summed E-state index contributed by atoms with van der Waals surface area (Å²) in [4.78, 5) is 16.3. The molecule has 6 heteroatoms. The number of anilines is 1. The van der Waals surface area contributed by atoms with E-state index >= 15 is 0 Å². The molecular formula is C13H15ClN4O. The van der Waals surface area contributed by atoms with Crippen LogP contribution in [0.15, 0.2) is 30.6 Å². The number of hydrogen-bond donors (Lipinski definition) is 2. The van der Waals surface area contributed by atoms with Crippen LogP contribution in [-0.2, 0) is 7.05 Å². The van der Waals surface area contributed by atoms with Gasteiger partial charge < -0.3 is 15.6 Å². The number of imidazole rings is 1. The zero-order valence-electron chi connectivity index (χ0n) is 10.7. The summed E-state index contributed by atoms with van der Waals surface area (Å²) in [5, 5.41) is 3.36. The van der Waals surface area contributed by atoms with Gasteiger partial charge in [0.1, 0.15) is 5.82 Å². The molecular weight excluding hydrogens is 264 g/mol. The molecule has 0 bridgehead atoms. The number of benzene rings is 1. The number of carbonyl (C=O) groups excluding carboxylic acids is 1. The van der Waals surface area contributed by atoms with E-state index in [1.807, 2.05) is 24.7 Å². The molecule has 1 amide bonds. The quantitative estimate of drug-likeness (QED) is 0.845. The lowest BCUT2D eigenvalue weighted by atomic mass is 10.1. The predicted molar refractivity (Wildman–Crippen MR) is 75.0 cm³/mol. The average Bonchev–Trinajstić information content (AvgIpc) is 2.75. The van der Waals surface area contributed by atoms with Crippen LogP contribution in [0.2, 0.25) is 5.02 Å². The lowest BCUT2D eigenvalue weighted by Gasteiger charge is -2.14. The Morgan fingerprint density at radius 2 is 2.26 bits per heavy atom. The summed E-state index contributed by atoms with van der Waals surface area (Å²) >= 11 is 5.80. The normalized spacial score (nSPS) is 12.2. The van der Waals surface area contributed by atoms with Gasteiger partial charge >= 0.3 is 0 Å². The fraction of sp³-hybridized carbons (Fsp3) is 0.231. The van der Waals surface area contributed by atoms with Crippen LogP contribution in [0, 0.1) is 0 Å². The van der Waals surface area contributed by atoms with E-state index in [0.29, 0.717) is 16.3 Å². The van der Waals surface area contributed by atoms with Gasteiger partial charge in [-0.2, -0.15) is 0 Å². The van der Waals surface area contributed by atoms with Gasteiger partial charge in [-0.1, -0.05) is 11.6 Å². The molecule has 0 saturated heterocycles. The van der Waals surface area contributed by atoms with Crippen molar-refractivity contribution in [3.63, 3.8) is 0 Å². The third kappa shape index (κ3) is 2.88. The summed E-state index contributed by atoms with van der Waals surface area (Å²) in [7, 11) is 1.88. The van der Waals surface area contributed by atoms with Crippen molar-refractivity contribution in [3.05, 3.63) is 47.0 Å². The summed E-state index contributed by atoms with van der Waals surface area (Å²) in [5.74, 6) is 0.533. The minimum Gasteiger partial charge on any atom is -0.398 e. The maximum atomic E-state index is 12.1. The smallest absolute Gasteiger partial charge is 0.253 e. The largest absolute Gasteiger partial charge is 0.398 e. The molecule has 1 atom stereocenters. The van der Waals surface area contributed by atoms with Gasteiger partial charge in [0, 0.05) is 30.2 Å². The monoisotopic (exact) mass is 278 g/mol. The molecule has 1 heterocycles. The first-order chi connectivity index (χ1) is 8.99. The van der Waals surface area contributed by atoms with Gasteiger partial charge in [0.15, 0.2) is 0 Å². The highest BCUT2D eigenvalue weighted by molar-refractivity contribution is 6.31. The van der Waals surface area contributed by atoms with Crippen molar-refractivity contribution >= 4 is 23.2 Å². The van der Waals surface area contributed by atoms with Crippen molar-refractivity contribution in [2.45, 2.75) is 13.0 Å². The number of carbonyl (C=O) groups is 1. The fourth-order valence-corrected chi connectivity index (χ4v) is 2.05. The molecule has 2 aromatic rings. The van der Waals surface area contributed by atoms with Crippen LogP contribution < -0.4 is 11.1 Å². The predicted octanol–water partition coefficient (Wildman–Crippen LogP) is 2.15. The molecule has 2 rings (SSSR count). The van der Waals surface area contributed by atoms with Gasteiger partial charge in [0.2, 0.25) is 0 Å². The van der Waals surface area contributed by atoms with Crippen molar-refractivity contribution in [3.8, 4) is 0 Å². The van der Waals surface area contributed by atoms with Crippen LogP contribution >= 0.6 is 11.6 Å². The number of aryl methyl sites for hydroxylation is 1. The van der Waals surface area contributed by atoms with Crippen LogP contribution in [0.5, 0.6) is 0 Å². The Balaban J connectivity index is 2.15. The Hall–Kier alpha value is -2.01. The molecule has 3 N–H and O–H groups in total. The molecule has 0 aliphatic rings. The first-order valence-electron chi connectivity index (χ1n) is 5.82. The molecule has 0 aliphatic carbocycles. The van der Waals surface area contributed by atoms with Crippen molar-refractivity contribution in [2.24, 2.45) is 7.05 Å². The number of nitrogen functional groups attached to an aromatic ring is 1. The summed E-state index contributed by atoms with van der Waals surface area (Å²) in [5.41, 5.74) is 6.55. The summed E-state index contributed by atoms with van der Waals surface area (Å²) in [6.45, 7) is 1.87. The molecule has 0 aliphatic heterocycles. The van der Waals surface area contributed by atoms with Gasteiger partial charge in [0.25, 0.3) is 5.91 Å². The standard InChI is InChI=1S/C13H15ClN4O/c1-8(12-16-5-6-18(12)2)17-13(19)10-4-3-9(14)7-11(10)15/h3-8H,15H2,1-2H3,(H,17,19). The maximum Gasteiger partial charge on any atom is 0.253 e. The Morgan fingerprint density at radius 1 is 1.53 bits per heavy atom. The topological polar surface area (TPSA) is 72.9 Å². The SMILES string of the molecule is CC(NC(=O)c1ccc(Cl)cc1N)c1nccn1C. The maximum absolute atomic E-state index is 12.1. The fourth-order valence-electron chi connectivity index (χ4n) is 1.87. The number of nitrogens with one attached hydrogen (secondary N) is 1. The van der Waals surface area contributed by atoms with Gasteiger partial charge in [0.05, 0.1) is 11.6 Å². The molecule has 19 heavy (non-hydrogen) atoms. The number of hydrogen-bond acceptors (Lipinski definition) is 3. The number of halogens is 1. The van der Waals surface area contributed by atoms with E-state index in [0.717, 1.165) is 5.82 Å². The van der Waals surface area contributed by atoms with E-state index in [1.54, 1.807) is 24.4 Å². The van der Waals surface area contributed by atoms with Gasteiger partial charge in [-0.15, -0.1) is 0 Å². The molecule has 0 radical (unpaired) electrons. The number of amides is 1. The van der Waals surface area contributed by atoms with E-state index in [9.17, 15) is 4.79 Å². The van der Waals surface area contributed by atoms with E-state index in [2.05, 4.69) is 10.3 Å². The lowest BCUT2D eigenvalue weighted by Crippen LogP contribution is -2.29. The molecule has 0 saturated carbocycles. The van der Waals surface area contributed by atoms with E-state index < -0.39 is 0 Å². The highest BCUT2D eigenvalue weighted by atomic mass is 35.5. The van der Waals surface area contributed by atoms with Gasteiger partial charge in [-0.3, -0.25) is 4.79 Å². The van der Waals surface area contributed by atoms with Crippen LogP contribution in [0.1, 0.15) is 29.1 Å². The summed E-state index contributed by atoms with van der Waals surface area (Å²) in [6, 6.07) is 4.60. The van der Waals surface area contributed by atoms with E-state index in [-0.39, 0.29) is 11.9 Å². The van der Waals surface area contributed by atoms with Crippen LogP contribution in [0.4, 0.5) is 5.69 Å². The zero-order valence-corrected chi connectivity index (χ0v) is 11.5. The van der Waals surface area contributed by atoms with Gasteiger partial charge in [-0.05, 0) is 25.1 Å². The van der Waals surface area contributed by atoms with Crippen LogP contribution in [-0.4, -0.2) is 15.5 Å². The van der Waals surface area contributed by atoms with Crippen molar-refractivity contribution in [2.75, 3.05) is 5.73 Å². The molecule has 0 fully saturated rings. The Bertz CT molecular complexity index is 608. The van der Waals surface area contributed by atoms with Crippen LogP contribution in [0.3, 0.4) is 0 Å². The second kappa shape index (κ2) is 5.32. The molecule has 0 spiro atoms. The minimum atomic E-state index is -0.246. The van der Waals surface area contributed by atoms with Crippen LogP contribution in [0.25, 0.3) is 0 Å². The second-order valence-corrected chi connectivity index (χ2v) is 4.76. The number of aromatic nitrogens is 2. The van der Waals surface area contributed by atoms with Crippen molar-refractivity contribution < 1.29 is 4.79 Å². The van der Waals surface area contributed by atoms with Crippen molar-refractivity contribution in [1.82, 2.24) is 14.9 Å². The molecule has 1 aromatic heterocycles. The lowest BCUT2D eigenvalue weighted by molar-refractivity contribution is 0.0939. The first kappa shape index (κ1) is 13.4. The highest BCUT2D eigenvalue weighted by Crippen LogP contribution is 2.19. The second-order valence-electron chi connectivity index (χ2n) is 4.32.